The fraction of sp³-hybridized carbons (Fsp3) is 0.875. The molecule has 1 radical (unpaired) electrons. The van der Waals surface area contributed by atoms with E-state index in [9.17, 15) is 9.90 Å². The lowest BCUT2D eigenvalue weighted by atomic mass is 10.3. The molecule has 0 aliphatic heterocycles. The standard InChI is InChI=1S/C8H16NO2/c1-3-5-9(6-4-2)7-8(10)11/h3-7H2,1-2H3. The first kappa shape index (κ1) is 10.4. The van der Waals surface area contributed by atoms with Crippen LogP contribution in [0.25, 0.3) is 0 Å². The number of carbonyl (C=O) groups is 1. The van der Waals surface area contributed by atoms with E-state index in [1.165, 1.54) is 0 Å². The Bertz CT molecular complexity index is 109. The van der Waals surface area contributed by atoms with Crippen molar-refractivity contribution in [3.8, 4) is 0 Å². The maximum atomic E-state index is 10.2. The highest BCUT2D eigenvalue weighted by molar-refractivity contribution is 5.68. The van der Waals surface area contributed by atoms with Gasteiger partial charge in [-0.25, -0.2) is 9.90 Å². The van der Waals surface area contributed by atoms with Crippen LogP contribution >= 0.6 is 0 Å². The molecule has 0 aliphatic rings. The SMILES string of the molecule is CCCN(CCC)CC([O])=O. The van der Waals surface area contributed by atoms with Crippen molar-refractivity contribution in [2.45, 2.75) is 26.7 Å². The molecule has 3 heteroatoms. The summed E-state index contributed by atoms with van der Waals surface area (Å²) in [6, 6.07) is 0. The molecule has 0 aromatic rings. The fourth-order valence-corrected chi connectivity index (χ4v) is 1.08. The summed E-state index contributed by atoms with van der Waals surface area (Å²) in [5.74, 6) is -0.980. The van der Waals surface area contributed by atoms with E-state index < -0.39 is 5.97 Å². The van der Waals surface area contributed by atoms with Gasteiger partial charge in [-0.1, -0.05) is 13.8 Å². The average Bonchev–Trinajstić information content (AvgIpc) is 1.87. The van der Waals surface area contributed by atoms with E-state index in [-0.39, 0.29) is 6.54 Å². The Kier molecular flexibility index (Phi) is 5.84. The Labute approximate surface area is 68.0 Å². The van der Waals surface area contributed by atoms with Crippen LogP contribution in [0, 0.1) is 0 Å². The number of rotatable bonds is 6. The summed E-state index contributed by atoms with van der Waals surface area (Å²) in [5, 5.41) is 10.2. The molecule has 0 unspecified atom stereocenters. The third-order valence-corrected chi connectivity index (χ3v) is 1.43. The van der Waals surface area contributed by atoms with Crippen LogP contribution in [-0.2, 0) is 9.90 Å². The monoisotopic (exact) mass is 158 g/mol. The highest BCUT2D eigenvalue weighted by atomic mass is 16.4. The second-order valence-corrected chi connectivity index (χ2v) is 2.65. The van der Waals surface area contributed by atoms with Gasteiger partial charge in [0.2, 0.25) is 0 Å². The zero-order chi connectivity index (χ0) is 8.69. The Balaban J connectivity index is 3.59. The molecule has 0 N–H and O–H groups in total. The number of hydrogen-bond donors (Lipinski definition) is 0. The predicted octanol–water partition coefficient (Wildman–Crippen LogP) is 1.07. The van der Waals surface area contributed by atoms with Crippen LogP contribution in [0.2, 0.25) is 0 Å². The molecular weight excluding hydrogens is 142 g/mol. The van der Waals surface area contributed by atoms with E-state index in [0.29, 0.717) is 0 Å². The van der Waals surface area contributed by atoms with Crippen molar-refractivity contribution >= 4 is 5.97 Å². The third-order valence-electron chi connectivity index (χ3n) is 1.43. The van der Waals surface area contributed by atoms with Crippen LogP contribution in [0.15, 0.2) is 0 Å². The van der Waals surface area contributed by atoms with E-state index in [1.54, 1.807) is 0 Å². The Morgan fingerprint density at radius 3 is 1.91 bits per heavy atom. The van der Waals surface area contributed by atoms with Gasteiger partial charge in [0.05, 0.1) is 0 Å². The summed E-state index contributed by atoms with van der Waals surface area (Å²) in [6.07, 6.45) is 1.99. The Morgan fingerprint density at radius 2 is 1.64 bits per heavy atom. The molecule has 0 aromatic carbocycles. The van der Waals surface area contributed by atoms with Crippen molar-refractivity contribution in [1.82, 2.24) is 4.90 Å². The summed E-state index contributed by atoms with van der Waals surface area (Å²) < 4.78 is 0. The molecule has 3 nitrogen and oxygen atoms in total. The quantitative estimate of drug-likeness (QED) is 0.580. The molecule has 0 heterocycles. The van der Waals surface area contributed by atoms with Gasteiger partial charge in [0.1, 0.15) is 6.54 Å². The van der Waals surface area contributed by atoms with E-state index in [0.717, 1.165) is 25.9 Å². The van der Waals surface area contributed by atoms with Gasteiger partial charge < -0.3 is 0 Å². The van der Waals surface area contributed by atoms with E-state index in [4.69, 9.17) is 0 Å². The zero-order valence-electron chi connectivity index (χ0n) is 7.30. The lowest BCUT2D eigenvalue weighted by molar-refractivity contribution is -0.144. The van der Waals surface area contributed by atoms with Crippen LogP contribution < -0.4 is 0 Å². The van der Waals surface area contributed by atoms with Gasteiger partial charge in [-0.3, -0.25) is 4.90 Å². The zero-order valence-corrected chi connectivity index (χ0v) is 7.30. The van der Waals surface area contributed by atoms with Gasteiger partial charge in [0, 0.05) is 0 Å². The first-order chi connectivity index (χ1) is 5.20. The molecule has 0 amide bonds. The molecule has 0 bridgehead atoms. The maximum Gasteiger partial charge on any atom is 0.369 e. The molecule has 0 saturated carbocycles. The van der Waals surface area contributed by atoms with Gasteiger partial charge in [-0.05, 0) is 25.9 Å². The van der Waals surface area contributed by atoms with E-state index >= 15 is 0 Å². The van der Waals surface area contributed by atoms with Gasteiger partial charge >= 0.3 is 5.97 Å². The third kappa shape index (κ3) is 5.85. The molecule has 11 heavy (non-hydrogen) atoms. The fourth-order valence-electron chi connectivity index (χ4n) is 1.08. The normalized spacial score (nSPS) is 10.5. The molecule has 0 spiro atoms. The van der Waals surface area contributed by atoms with Crippen molar-refractivity contribution in [3.05, 3.63) is 0 Å². The average molecular weight is 158 g/mol. The lowest BCUT2D eigenvalue weighted by Gasteiger charge is -2.16. The molecule has 0 fully saturated rings. The molecule has 0 atom stereocenters. The van der Waals surface area contributed by atoms with Crippen molar-refractivity contribution in [2.75, 3.05) is 19.6 Å². The molecule has 0 aromatic heterocycles. The molecule has 0 saturated heterocycles. The van der Waals surface area contributed by atoms with Crippen LogP contribution in [0.1, 0.15) is 26.7 Å². The topological polar surface area (TPSA) is 40.2 Å². The van der Waals surface area contributed by atoms with E-state index in [2.05, 4.69) is 0 Å². The predicted molar refractivity (Wildman–Crippen MR) is 42.7 cm³/mol. The smallest absolute Gasteiger partial charge is 0.293 e. The van der Waals surface area contributed by atoms with Crippen LogP contribution in [0.5, 0.6) is 0 Å². The molecule has 0 rings (SSSR count). The minimum Gasteiger partial charge on any atom is -0.293 e. The second kappa shape index (κ2) is 6.16. The summed E-state index contributed by atoms with van der Waals surface area (Å²) in [5.41, 5.74) is 0. The van der Waals surface area contributed by atoms with Crippen molar-refractivity contribution in [2.24, 2.45) is 0 Å². The highest BCUT2D eigenvalue weighted by Crippen LogP contribution is 1.92. The Morgan fingerprint density at radius 1 is 1.18 bits per heavy atom. The molecule has 65 valence electrons. The van der Waals surface area contributed by atoms with Crippen molar-refractivity contribution < 1.29 is 9.90 Å². The van der Waals surface area contributed by atoms with Gasteiger partial charge in [-0.15, -0.1) is 0 Å². The largest absolute Gasteiger partial charge is 0.369 e. The summed E-state index contributed by atoms with van der Waals surface area (Å²) in [4.78, 5) is 12.1. The van der Waals surface area contributed by atoms with Gasteiger partial charge in [0.25, 0.3) is 0 Å². The van der Waals surface area contributed by atoms with Gasteiger partial charge in [0.15, 0.2) is 0 Å². The summed E-state index contributed by atoms with van der Waals surface area (Å²) >= 11 is 0. The number of nitrogens with zero attached hydrogens (tertiary/aromatic N) is 1. The second-order valence-electron chi connectivity index (χ2n) is 2.65. The first-order valence-corrected chi connectivity index (χ1v) is 4.12. The van der Waals surface area contributed by atoms with Crippen LogP contribution in [0.4, 0.5) is 0 Å². The molecule has 0 aliphatic carbocycles. The van der Waals surface area contributed by atoms with E-state index in [1.807, 2.05) is 18.7 Å². The highest BCUT2D eigenvalue weighted by Gasteiger charge is 2.07. The molecular formula is C8H16NO2. The first-order valence-electron chi connectivity index (χ1n) is 4.12. The van der Waals surface area contributed by atoms with Crippen molar-refractivity contribution in [1.29, 1.82) is 0 Å². The number of hydrogen-bond acceptors (Lipinski definition) is 2. The van der Waals surface area contributed by atoms with Crippen LogP contribution in [-0.4, -0.2) is 30.5 Å². The Hall–Kier alpha value is -0.570. The summed E-state index contributed by atoms with van der Waals surface area (Å²) in [6.45, 7) is 5.85. The minimum atomic E-state index is -0.980. The maximum absolute atomic E-state index is 10.2. The van der Waals surface area contributed by atoms with Crippen LogP contribution in [0.3, 0.4) is 0 Å². The lowest BCUT2D eigenvalue weighted by Crippen LogP contribution is -2.30. The number of carbonyl (C=O) groups excluding carboxylic acids is 1. The van der Waals surface area contributed by atoms with Crippen molar-refractivity contribution in [3.63, 3.8) is 0 Å². The minimum absolute atomic E-state index is 0.0711. The summed E-state index contributed by atoms with van der Waals surface area (Å²) in [7, 11) is 0. The van der Waals surface area contributed by atoms with Gasteiger partial charge in [-0.2, -0.15) is 0 Å².